The highest BCUT2D eigenvalue weighted by Crippen LogP contribution is 2.16. The summed E-state index contributed by atoms with van der Waals surface area (Å²) in [4.78, 5) is 28.0. The first-order valence-electron chi connectivity index (χ1n) is 8.94. The van der Waals surface area contributed by atoms with Crippen LogP contribution in [0.3, 0.4) is 0 Å². The molecule has 29 heavy (non-hydrogen) atoms. The number of ether oxygens (including phenoxy) is 2. The van der Waals surface area contributed by atoms with Crippen molar-refractivity contribution >= 4 is 18.1 Å². The third-order valence-corrected chi connectivity index (χ3v) is 3.80. The second-order valence-corrected chi connectivity index (χ2v) is 5.86. The van der Waals surface area contributed by atoms with Crippen LogP contribution >= 0.6 is 0 Å². The summed E-state index contributed by atoms with van der Waals surface area (Å²) < 4.78 is 10.7. The average molecular weight is 389 g/mol. The number of carbonyl (C=O) groups excluding carboxylic acids is 2. The van der Waals surface area contributed by atoms with Crippen LogP contribution in [0.2, 0.25) is 0 Å². The van der Waals surface area contributed by atoms with Crippen molar-refractivity contribution in [2.45, 2.75) is 6.92 Å². The lowest BCUT2D eigenvalue weighted by Gasteiger charge is -2.06. The molecule has 3 aromatic rings. The number of hydrogen-bond acceptors (Lipinski definition) is 6. The minimum Gasteiger partial charge on any atom is -0.494 e. The van der Waals surface area contributed by atoms with Crippen LogP contribution in [0.15, 0.2) is 78.2 Å². The van der Waals surface area contributed by atoms with Crippen molar-refractivity contribution in [1.82, 2.24) is 10.4 Å². The highest BCUT2D eigenvalue weighted by molar-refractivity contribution is 5.94. The second-order valence-electron chi connectivity index (χ2n) is 5.86. The normalized spacial score (nSPS) is 10.5. The fourth-order valence-electron chi connectivity index (χ4n) is 2.37. The summed E-state index contributed by atoms with van der Waals surface area (Å²) in [5.41, 5.74) is 4.00. The number of rotatable bonds is 7. The average Bonchev–Trinajstić information content (AvgIpc) is 2.76. The summed E-state index contributed by atoms with van der Waals surface area (Å²) in [6.07, 6.45) is 4.54. The number of pyridine rings is 1. The van der Waals surface area contributed by atoms with E-state index >= 15 is 0 Å². The monoisotopic (exact) mass is 389 g/mol. The Balaban J connectivity index is 1.54. The first kappa shape index (κ1) is 19.8. The molecule has 0 saturated heterocycles. The molecule has 0 bridgehead atoms. The number of carbonyl (C=O) groups is 2. The molecule has 0 aliphatic rings. The molecule has 0 spiro atoms. The van der Waals surface area contributed by atoms with Gasteiger partial charge in [0.25, 0.3) is 5.91 Å². The number of amides is 1. The van der Waals surface area contributed by atoms with Gasteiger partial charge in [-0.05, 0) is 73.2 Å². The molecule has 1 aromatic heterocycles. The van der Waals surface area contributed by atoms with Crippen molar-refractivity contribution < 1.29 is 19.1 Å². The summed E-state index contributed by atoms with van der Waals surface area (Å²) >= 11 is 0. The lowest BCUT2D eigenvalue weighted by atomic mass is 10.2. The van der Waals surface area contributed by atoms with E-state index in [0.29, 0.717) is 29.2 Å². The molecule has 0 atom stereocenters. The number of hydrazone groups is 1. The van der Waals surface area contributed by atoms with Crippen LogP contribution in [-0.4, -0.2) is 29.7 Å². The minimum absolute atomic E-state index is 0.352. The quantitative estimate of drug-likeness (QED) is 0.289. The molecule has 0 unspecified atom stereocenters. The van der Waals surface area contributed by atoms with Gasteiger partial charge in [-0.1, -0.05) is 0 Å². The van der Waals surface area contributed by atoms with Crippen molar-refractivity contribution in [2.24, 2.45) is 5.10 Å². The largest absolute Gasteiger partial charge is 0.494 e. The molecule has 2 aromatic carbocycles. The van der Waals surface area contributed by atoms with E-state index in [0.717, 1.165) is 5.56 Å². The maximum absolute atomic E-state index is 12.2. The van der Waals surface area contributed by atoms with Crippen LogP contribution in [0.1, 0.15) is 33.2 Å². The maximum atomic E-state index is 12.2. The Morgan fingerprint density at radius 2 is 1.72 bits per heavy atom. The molecule has 1 heterocycles. The van der Waals surface area contributed by atoms with Crippen LogP contribution in [0.5, 0.6) is 11.5 Å². The molecule has 3 rings (SSSR count). The lowest BCUT2D eigenvalue weighted by molar-refractivity contribution is 0.0734. The van der Waals surface area contributed by atoms with E-state index in [2.05, 4.69) is 15.5 Å². The number of benzene rings is 2. The zero-order chi connectivity index (χ0) is 20.5. The zero-order valence-electron chi connectivity index (χ0n) is 15.7. The van der Waals surface area contributed by atoms with Gasteiger partial charge >= 0.3 is 5.97 Å². The number of aromatic nitrogens is 1. The van der Waals surface area contributed by atoms with Gasteiger partial charge in [0.2, 0.25) is 0 Å². The number of esters is 1. The third kappa shape index (κ3) is 5.74. The van der Waals surface area contributed by atoms with Crippen LogP contribution in [0.25, 0.3) is 0 Å². The Hall–Kier alpha value is -4.00. The third-order valence-electron chi connectivity index (χ3n) is 3.80. The van der Waals surface area contributed by atoms with E-state index in [1.165, 1.54) is 12.4 Å². The molecule has 1 amide bonds. The van der Waals surface area contributed by atoms with Crippen molar-refractivity contribution in [3.05, 3.63) is 89.7 Å². The van der Waals surface area contributed by atoms with Gasteiger partial charge in [-0.2, -0.15) is 5.10 Å². The van der Waals surface area contributed by atoms with Gasteiger partial charge in [0.15, 0.2) is 0 Å². The molecule has 0 aliphatic heterocycles. The molecule has 146 valence electrons. The maximum Gasteiger partial charge on any atom is 0.343 e. The van der Waals surface area contributed by atoms with Gasteiger partial charge in [0.05, 0.1) is 23.9 Å². The molecule has 0 saturated carbocycles. The fraction of sp³-hybridized carbons (Fsp3) is 0.0909. The Labute approximate surface area is 168 Å². The zero-order valence-corrected chi connectivity index (χ0v) is 15.7. The van der Waals surface area contributed by atoms with Crippen molar-refractivity contribution in [2.75, 3.05) is 6.61 Å². The predicted molar refractivity (Wildman–Crippen MR) is 108 cm³/mol. The molecular weight excluding hydrogens is 370 g/mol. The molecule has 0 aliphatic carbocycles. The first-order chi connectivity index (χ1) is 14.2. The summed E-state index contributed by atoms with van der Waals surface area (Å²) in [5.74, 6) is 0.289. The van der Waals surface area contributed by atoms with Crippen molar-refractivity contribution in [3.8, 4) is 11.5 Å². The second kappa shape index (κ2) is 9.80. The van der Waals surface area contributed by atoms with Gasteiger partial charge < -0.3 is 9.47 Å². The Kier molecular flexibility index (Phi) is 6.67. The van der Waals surface area contributed by atoms with Gasteiger partial charge in [-0.25, -0.2) is 10.2 Å². The van der Waals surface area contributed by atoms with Crippen molar-refractivity contribution in [1.29, 1.82) is 0 Å². The molecular formula is C22H19N3O4. The number of nitrogens with one attached hydrogen (secondary N) is 1. The summed E-state index contributed by atoms with van der Waals surface area (Å²) in [6.45, 7) is 2.46. The summed E-state index contributed by atoms with van der Waals surface area (Å²) in [6, 6.07) is 16.8. The number of hydrogen-bond donors (Lipinski definition) is 1. The van der Waals surface area contributed by atoms with Crippen LogP contribution < -0.4 is 14.9 Å². The standard InChI is InChI=1S/C22H19N3O4/c1-2-28-19-11-7-17(8-12-19)22(27)29-20-9-5-16(6-10-20)14-24-25-21(26)18-4-3-13-23-15-18/h3-15H,2H2,1H3,(H,25,26)/b24-14-. The van der Waals surface area contributed by atoms with E-state index < -0.39 is 5.97 Å². The molecule has 0 fully saturated rings. The summed E-state index contributed by atoms with van der Waals surface area (Å²) in [7, 11) is 0. The van der Waals surface area contributed by atoms with E-state index in [4.69, 9.17) is 9.47 Å². The Morgan fingerprint density at radius 1 is 1.00 bits per heavy atom. The lowest BCUT2D eigenvalue weighted by Crippen LogP contribution is -2.17. The van der Waals surface area contributed by atoms with Gasteiger partial charge in [-0.3, -0.25) is 9.78 Å². The molecule has 1 N–H and O–H groups in total. The van der Waals surface area contributed by atoms with Gasteiger partial charge in [0.1, 0.15) is 11.5 Å². The molecule has 0 radical (unpaired) electrons. The van der Waals surface area contributed by atoms with E-state index in [1.807, 2.05) is 6.92 Å². The fourth-order valence-corrected chi connectivity index (χ4v) is 2.37. The van der Waals surface area contributed by atoms with Crippen LogP contribution in [0, 0.1) is 0 Å². The highest BCUT2D eigenvalue weighted by atomic mass is 16.5. The van der Waals surface area contributed by atoms with Crippen molar-refractivity contribution in [3.63, 3.8) is 0 Å². The Morgan fingerprint density at radius 3 is 2.38 bits per heavy atom. The summed E-state index contributed by atoms with van der Waals surface area (Å²) in [5, 5.41) is 3.91. The van der Waals surface area contributed by atoms with Gasteiger partial charge in [0, 0.05) is 12.4 Å². The SMILES string of the molecule is CCOc1ccc(C(=O)Oc2ccc(/C=N\NC(=O)c3cccnc3)cc2)cc1. The first-order valence-corrected chi connectivity index (χ1v) is 8.94. The Bertz CT molecular complexity index is 985. The number of nitrogens with zero attached hydrogens (tertiary/aromatic N) is 2. The topological polar surface area (TPSA) is 89.9 Å². The minimum atomic E-state index is -0.460. The molecule has 7 nitrogen and oxygen atoms in total. The predicted octanol–water partition coefficient (Wildman–Crippen LogP) is 3.46. The van der Waals surface area contributed by atoms with Crippen LogP contribution in [-0.2, 0) is 0 Å². The van der Waals surface area contributed by atoms with Gasteiger partial charge in [-0.15, -0.1) is 0 Å². The molecule has 7 heteroatoms. The van der Waals surface area contributed by atoms with E-state index in [9.17, 15) is 9.59 Å². The van der Waals surface area contributed by atoms with E-state index in [-0.39, 0.29) is 5.91 Å². The smallest absolute Gasteiger partial charge is 0.343 e. The van der Waals surface area contributed by atoms with E-state index in [1.54, 1.807) is 66.9 Å². The highest BCUT2D eigenvalue weighted by Gasteiger charge is 2.09. The van der Waals surface area contributed by atoms with Crippen LogP contribution in [0.4, 0.5) is 0 Å².